The maximum Gasteiger partial charge on any atom is 0.227 e. The Morgan fingerprint density at radius 3 is 2.96 bits per heavy atom. The molecule has 6 nitrogen and oxygen atoms in total. The lowest BCUT2D eigenvalue weighted by Crippen LogP contribution is -2.51. The quantitative estimate of drug-likeness (QED) is 0.870. The second-order valence-corrected chi connectivity index (χ2v) is 8.85. The summed E-state index contributed by atoms with van der Waals surface area (Å²) in [6.07, 6.45) is 3.31. The van der Waals surface area contributed by atoms with Crippen LogP contribution in [0, 0.1) is 5.92 Å². The molecule has 0 bridgehead atoms. The van der Waals surface area contributed by atoms with E-state index in [2.05, 4.69) is 5.32 Å². The van der Waals surface area contributed by atoms with E-state index in [1.807, 2.05) is 12.1 Å². The fraction of sp³-hybridized carbons (Fsp3) is 0.562. The number of amides is 1. The zero-order chi connectivity index (χ0) is 17.3. The van der Waals surface area contributed by atoms with Crippen molar-refractivity contribution in [2.24, 2.45) is 5.92 Å². The Balaban J connectivity index is 1.61. The molecule has 2 heterocycles. The summed E-state index contributed by atoms with van der Waals surface area (Å²) in [6.45, 7) is 1.17. The molecule has 8 heteroatoms. The molecule has 0 spiro atoms. The summed E-state index contributed by atoms with van der Waals surface area (Å²) in [5.41, 5.74) is 0.926. The largest absolute Gasteiger partial charge is 0.492 e. The lowest BCUT2D eigenvalue weighted by atomic mass is 9.95. The first-order chi connectivity index (χ1) is 11.3. The van der Waals surface area contributed by atoms with Gasteiger partial charge in [-0.25, -0.2) is 12.7 Å². The molecular weight excluding hydrogens is 352 g/mol. The Hall–Kier alpha value is -1.31. The van der Waals surface area contributed by atoms with Crippen LogP contribution < -0.4 is 10.1 Å². The Bertz CT molecular complexity index is 738. The smallest absolute Gasteiger partial charge is 0.227 e. The predicted molar refractivity (Wildman–Crippen MR) is 91.7 cm³/mol. The molecule has 1 aromatic rings. The van der Waals surface area contributed by atoms with E-state index in [9.17, 15) is 13.2 Å². The molecule has 1 fully saturated rings. The molecule has 0 radical (unpaired) electrons. The van der Waals surface area contributed by atoms with Crippen molar-refractivity contribution in [3.8, 4) is 5.75 Å². The number of nitrogens with zero attached hydrogens (tertiary/aromatic N) is 1. The summed E-state index contributed by atoms with van der Waals surface area (Å²) in [5, 5.41) is 3.60. The second-order valence-electron chi connectivity index (χ2n) is 6.43. The molecule has 0 aliphatic carbocycles. The van der Waals surface area contributed by atoms with Crippen LogP contribution in [0.1, 0.15) is 18.4 Å². The van der Waals surface area contributed by atoms with E-state index in [0.29, 0.717) is 31.1 Å². The lowest BCUT2D eigenvalue weighted by molar-refractivity contribution is -0.127. The number of halogens is 1. The Kier molecular flexibility index (Phi) is 5.03. The molecular formula is C16H21ClN2O4S. The number of carbonyl (C=O) groups excluding carboxylic acids is 1. The number of hydrogen-bond donors (Lipinski definition) is 1. The standard InChI is InChI=1S/C16H21ClN2O4S/c1-24(21,22)19-6-2-3-14(9-19)18-16(20)12-7-11-8-13(17)4-5-15(11)23-10-12/h4-5,8,12,14H,2-3,6-7,9-10H2,1H3,(H,18,20). The molecule has 2 unspecified atom stereocenters. The molecule has 1 amide bonds. The van der Waals surface area contributed by atoms with Crippen LogP contribution in [0.5, 0.6) is 5.75 Å². The molecule has 2 aliphatic rings. The highest BCUT2D eigenvalue weighted by Crippen LogP contribution is 2.30. The molecule has 1 N–H and O–H groups in total. The number of hydrogen-bond acceptors (Lipinski definition) is 4. The van der Waals surface area contributed by atoms with Crippen molar-refractivity contribution in [1.29, 1.82) is 0 Å². The van der Waals surface area contributed by atoms with E-state index in [4.69, 9.17) is 16.3 Å². The molecule has 0 saturated carbocycles. The Morgan fingerprint density at radius 1 is 1.42 bits per heavy atom. The van der Waals surface area contributed by atoms with E-state index >= 15 is 0 Å². The number of sulfonamides is 1. The van der Waals surface area contributed by atoms with Crippen LogP contribution in [-0.4, -0.2) is 50.6 Å². The van der Waals surface area contributed by atoms with Gasteiger partial charge in [0.2, 0.25) is 15.9 Å². The highest BCUT2D eigenvalue weighted by atomic mass is 35.5. The highest BCUT2D eigenvalue weighted by Gasteiger charge is 2.31. The van der Waals surface area contributed by atoms with Crippen molar-refractivity contribution in [2.75, 3.05) is 26.0 Å². The van der Waals surface area contributed by atoms with E-state index < -0.39 is 10.0 Å². The molecule has 3 rings (SSSR count). The van der Waals surface area contributed by atoms with Crippen LogP contribution in [0.3, 0.4) is 0 Å². The van der Waals surface area contributed by atoms with Crippen LogP contribution >= 0.6 is 11.6 Å². The molecule has 2 atom stereocenters. The predicted octanol–water partition coefficient (Wildman–Crippen LogP) is 1.43. The molecule has 2 aliphatic heterocycles. The first-order valence-electron chi connectivity index (χ1n) is 7.99. The van der Waals surface area contributed by atoms with Gasteiger partial charge in [-0.15, -0.1) is 0 Å². The first-order valence-corrected chi connectivity index (χ1v) is 10.2. The zero-order valence-electron chi connectivity index (χ0n) is 13.5. The van der Waals surface area contributed by atoms with Crippen LogP contribution in [-0.2, 0) is 21.2 Å². The number of fused-ring (bicyclic) bond motifs is 1. The van der Waals surface area contributed by atoms with Crippen LogP contribution in [0.4, 0.5) is 0 Å². The number of piperidine rings is 1. The molecule has 1 aromatic carbocycles. The SMILES string of the molecule is CS(=O)(=O)N1CCCC(NC(=O)C2COc3ccc(Cl)cc3C2)C1. The van der Waals surface area contributed by atoms with Crippen molar-refractivity contribution < 1.29 is 17.9 Å². The van der Waals surface area contributed by atoms with Crippen LogP contribution in [0.25, 0.3) is 0 Å². The number of benzene rings is 1. The van der Waals surface area contributed by atoms with Gasteiger partial charge in [0.25, 0.3) is 0 Å². The van der Waals surface area contributed by atoms with Crippen molar-refractivity contribution in [3.05, 3.63) is 28.8 Å². The molecule has 132 valence electrons. The van der Waals surface area contributed by atoms with Gasteiger partial charge in [0.1, 0.15) is 12.4 Å². The van der Waals surface area contributed by atoms with Crippen LogP contribution in [0.2, 0.25) is 5.02 Å². The summed E-state index contributed by atoms with van der Waals surface area (Å²) in [4.78, 5) is 12.5. The normalized spacial score (nSPS) is 24.8. The minimum atomic E-state index is -3.22. The maximum atomic E-state index is 12.5. The Labute approximate surface area is 147 Å². The third-order valence-electron chi connectivity index (χ3n) is 4.50. The van der Waals surface area contributed by atoms with Gasteiger partial charge in [0.05, 0.1) is 12.2 Å². The van der Waals surface area contributed by atoms with Crippen LogP contribution in [0.15, 0.2) is 18.2 Å². The first kappa shape index (κ1) is 17.5. The molecule has 24 heavy (non-hydrogen) atoms. The number of rotatable bonds is 3. The number of ether oxygens (including phenoxy) is 1. The topological polar surface area (TPSA) is 75.7 Å². The number of carbonyl (C=O) groups is 1. The summed E-state index contributed by atoms with van der Waals surface area (Å²) >= 11 is 6.00. The molecule has 1 saturated heterocycles. The summed E-state index contributed by atoms with van der Waals surface area (Å²) in [5.74, 6) is 0.384. The van der Waals surface area contributed by atoms with Crippen molar-refractivity contribution in [2.45, 2.75) is 25.3 Å². The van der Waals surface area contributed by atoms with Gasteiger partial charge in [-0.3, -0.25) is 4.79 Å². The molecule has 0 aromatic heterocycles. The fourth-order valence-electron chi connectivity index (χ4n) is 3.21. The van der Waals surface area contributed by atoms with Gasteiger partial charge >= 0.3 is 0 Å². The van der Waals surface area contributed by atoms with E-state index in [1.54, 1.807) is 6.07 Å². The maximum absolute atomic E-state index is 12.5. The second kappa shape index (κ2) is 6.90. The van der Waals surface area contributed by atoms with Crippen molar-refractivity contribution in [1.82, 2.24) is 9.62 Å². The average molecular weight is 373 g/mol. The van der Waals surface area contributed by atoms with Gasteiger partial charge in [-0.2, -0.15) is 0 Å². The fourth-order valence-corrected chi connectivity index (χ4v) is 4.32. The monoisotopic (exact) mass is 372 g/mol. The average Bonchev–Trinajstić information content (AvgIpc) is 2.53. The van der Waals surface area contributed by atoms with E-state index in [0.717, 1.165) is 24.2 Å². The van der Waals surface area contributed by atoms with Crippen molar-refractivity contribution >= 4 is 27.5 Å². The van der Waals surface area contributed by atoms with E-state index in [-0.39, 0.29) is 17.9 Å². The summed E-state index contributed by atoms with van der Waals surface area (Å²) in [6, 6.07) is 5.25. The van der Waals surface area contributed by atoms with Gasteiger partial charge in [0, 0.05) is 24.2 Å². The summed E-state index contributed by atoms with van der Waals surface area (Å²) in [7, 11) is -3.22. The highest BCUT2D eigenvalue weighted by molar-refractivity contribution is 7.88. The van der Waals surface area contributed by atoms with Gasteiger partial charge in [-0.05, 0) is 43.0 Å². The van der Waals surface area contributed by atoms with E-state index in [1.165, 1.54) is 10.6 Å². The summed E-state index contributed by atoms with van der Waals surface area (Å²) < 4.78 is 30.4. The third kappa shape index (κ3) is 4.02. The van der Waals surface area contributed by atoms with Gasteiger partial charge < -0.3 is 10.1 Å². The minimum absolute atomic E-state index is 0.0963. The third-order valence-corrected chi connectivity index (χ3v) is 6.00. The van der Waals surface area contributed by atoms with Crippen molar-refractivity contribution in [3.63, 3.8) is 0 Å². The lowest BCUT2D eigenvalue weighted by Gasteiger charge is -2.33. The zero-order valence-corrected chi connectivity index (χ0v) is 15.1. The number of nitrogens with one attached hydrogen (secondary N) is 1. The van der Waals surface area contributed by atoms with Gasteiger partial charge in [-0.1, -0.05) is 11.6 Å². The van der Waals surface area contributed by atoms with Gasteiger partial charge in [0.15, 0.2) is 0 Å². The minimum Gasteiger partial charge on any atom is -0.492 e. The Morgan fingerprint density at radius 2 is 2.21 bits per heavy atom.